The van der Waals surface area contributed by atoms with Crippen molar-refractivity contribution >= 4 is 22.7 Å². The van der Waals surface area contributed by atoms with Crippen molar-refractivity contribution in [2.75, 3.05) is 5.32 Å². The third-order valence-electron chi connectivity index (χ3n) is 3.89. The normalized spacial score (nSPS) is 12.8. The van der Waals surface area contributed by atoms with Gasteiger partial charge in [0.1, 0.15) is 11.6 Å². The molecular formula is C18H13F5N2O2. The van der Waals surface area contributed by atoms with Crippen LogP contribution in [0.15, 0.2) is 46.9 Å². The van der Waals surface area contributed by atoms with Crippen LogP contribution in [-0.2, 0) is 0 Å². The number of benzene rings is 2. The van der Waals surface area contributed by atoms with Crippen molar-refractivity contribution in [3.05, 3.63) is 65.4 Å². The highest BCUT2D eigenvalue weighted by Gasteiger charge is 2.45. The molecule has 0 aliphatic heterocycles. The molecule has 0 spiro atoms. The number of para-hydroxylation sites is 1. The van der Waals surface area contributed by atoms with Gasteiger partial charge in [0.15, 0.2) is 17.4 Å². The van der Waals surface area contributed by atoms with E-state index in [0.29, 0.717) is 6.07 Å². The number of urea groups is 1. The highest BCUT2D eigenvalue weighted by Crippen LogP contribution is 2.39. The van der Waals surface area contributed by atoms with Gasteiger partial charge in [-0.3, -0.25) is 0 Å². The minimum absolute atomic E-state index is 0.120. The number of anilines is 1. The maximum Gasteiger partial charge on any atom is 0.416 e. The summed E-state index contributed by atoms with van der Waals surface area (Å²) in [5, 5.41) is 3.90. The van der Waals surface area contributed by atoms with Crippen LogP contribution in [0.1, 0.15) is 17.4 Å². The van der Waals surface area contributed by atoms with Crippen LogP contribution in [-0.4, -0.2) is 12.2 Å². The first-order chi connectivity index (χ1) is 12.7. The zero-order valence-corrected chi connectivity index (χ0v) is 13.8. The van der Waals surface area contributed by atoms with Gasteiger partial charge in [0.05, 0.1) is 0 Å². The van der Waals surface area contributed by atoms with Crippen LogP contribution in [0.3, 0.4) is 0 Å². The van der Waals surface area contributed by atoms with Crippen molar-refractivity contribution in [2.24, 2.45) is 0 Å². The van der Waals surface area contributed by atoms with Gasteiger partial charge < -0.3 is 15.1 Å². The van der Waals surface area contributed by atoms with Crippen LogP contribution < -0.4 is 10.6 Å². The van der Waals surface area contributed by atoms with E-state index in [1.54, 1.807) is 23.5 Å². The molecule has 142 valence electrons. The fraction of sp³-hybridized carbons (Fsp3) is 0.167. The van der Waals surface area contributed by atoms with Crippen molar-refractivity contribution in [3.8, 4) is 0 Å². The molecule has 2 N–H and O–H groups in total. The van der Waals surface area contributed by atoms with Gasteiger partial charge in [0.2, 0.25) is 0 Å². The summed E-state index contributed by atoms with van der Waals surface area (Å²) in [6.07, 6.45) is -4.93. The quantitative estimate of drug-likeness (QED) is 0.591. The van der Waals surface area contributed by atoms with Gasteiger partial charge in [-0.05, 0) is 25.1 Å². The topological polar surface area (TPSA) is 54.3 Å². The molecule has 1 aromatic heterocycles. The maximum absolute atomic E-state index is 13.8. The van der Waals surface area contributed by atoms with E-state index >= 15 is 0 Å². The second-order valence-electron chi connectivity index (χ2n) is 5.79. The molecule has 2 aromatic carbocycles. The Bertz CT molecular complexity index is 983. The van der Waals surface area contributed by atoms with Gasteiger partial charge in [-0.1, -0.05) is 18.2 Å². The molecule has 0 fully saturated rings. The number of hydrogen-bond acceptors (Lipinski definition) is 2. The lowest BCUT2D eigenvalue weighted by Crippen LogP contribution is -2.40. The lowest BCUT2D eigenvalue weighted by Gasteiger charge is -2.20. The lowest BCUT2D eigenvalue weighted by molar-refractivity contribution is -0.158. The second-order valence-corrected chi connectivity index (χ2v) is 5.79. The number of carbonyl (C=O) groups excluding carboxylic acids is 1. The molecule has 0 aliphatic rings. The molecule has 1 unspecified atom stereocenters. The predicted molar refractivity (Wildman–Crippen MR) is 88.3 cm³/mol. The first-order valence-electron chi connectivity index (χ1n) is 7.74. The highest BCUT2D eigenvalue weighted by atomic mass is 19.4. The highest BCUT2D eigenvalue weighted by molar-refractivity contribution is 5.90. The van der Waals surface area contributed by atoms with E-state index < -0.39 is 41.2 Å². The van der Waals surface area contributed by atoms with E-state index in [-0.39, 0.29) is 16.6 Å². The van der Waals surface area contributed by atoms with Crippen LogP contribution >= 0.6 is 0 Å². The summed E-state index contributed by atoms with van der Waals surface area (Å²) >= 11 is 0. The van der Waals surface area contributed by atoms with Crippen molar-refractivity contribution in [1.29, 1.82) is 0 Å². The Morgan fingerprint density at radius 1 is 1.11 bits per heavy atom. The molecule has 0 saturated heterocycles. The van der Waals surface area contributed by atoms with E-state index in [1.165, 1.54) is 19.1 Å². The molecule has 3 aromatic rings. The van der Waals surface area contributed by atoms with Gasteiger partial charge in [-0.25, -0.2) is 13.6 Å². The van der Waals surface area contributed by atoms with Crippen molar-refractivity contribution in [3.63, 3.8) is 0 Å². The molecule has 1 atom stereocenters. The summed E-state index contributed by atoms with van der Waals surface area (Å²) in [6.45, 7) is 1.23. The Kier molecular flexibility index (Phi) is 4.77. The summed E-state index contributed by atoms with van der Waals surface area (Å²) in [5.74, 6) is -2.80. The third kappa shape index (κ3) is 3.86. The molecule has 0 radical (unpaired) electrons. The predicted octanol–water partition coefficient (Wildman–Crippen LogP) is 5.44. The SMILES string of the molecule is Cc1c(C(NC(=O)Nc2ccccc2)C(F)(F)F)oc2c(F)cc(F)cc12. The van der Waals surface area contributed by atoms with Crippen LogP contribution in [0.2, 0.25) is 0 Å². The number of aryl methyl sites for hydroxylation is 1. The minimum atomic E-state index is -4.93. The number of alkyl halides is 3. The van der Waals surface area contributed by atoms with Crippen LogP contribution in [0.4, 0.5) is 32.4 Å². The zero-order chi connectivity index (χ0) is 19.8. The fourth-order valence-electron chi connectivity index (χ4n) is 2.65. The van der Waals surface area contributed by atoms with Crippen LogP contribution in [0, 0.1) is 18.6 Å². The molecule has 4 nitrogen and oxygen atoms in total. The van der Waals surface area contributed by atoms with Crippen LogP contribution in [0.5, 0.6) is 0 Å². The Balaban J connectivity index is 1.96. The summed E-state index contributed by atoms with van der Waals surface area (Å²) < 4.78 is 72.8. The summed E-state index contributed by atoms with van der Waals surface area (Å²) in [6, 6.07) is 5.55. The second kappa shape index (κ2) is 6.90. The van der Waals surface area contributed by atoms with E-state index in [0.717, 1.165) is 6.07 Å². The molecule has 2 amide bonds. The van der Waals surface area contributed by atoms with E-state index in [9.17, 15) is 26.7 Å². The fourth-order valence-corrected chi connectivity index (χ4v) is 2.65. The largest absolute Gasteiger partial charge is 0.455 e. The zero-order valence-electron chi connectivity index (χ0n) is 13.8. The minimum Gasteiger partial charge on any atom is -0.455 e. The number of furan rings is 1. The number of hydrogen-bond donors (Lipinski definition) is 2. The first kappa shape index (κ1) is 18.7. The third-order valence-corrected chi connectivity index (χ3v) is 3.89. The average Bonchev–Trinajstić information content (AvgIpc) is 2.90. The van der Waals surface area contributed by atoms with E-state index in [1.807, 2.05) is 0 Å². The van der Waals surface area contributed by atoms with Crippen molar-refractivity contribution in [1.82, 2.24) is 5.32 Å². The molecular weight excluding hydrogens is 371 g/mol. The van der Waals surface area contributed by atoms with E-state index in [2.05, 4.69) is 5.32 Å². The molecule has 1 heterocycles. The van der Waals surface area contributed by atoms with Gasteiger partial charge in [-0.15, -0.1) is 0 Å². The molecule has 0 saturated carbocycles. The number of rotatable bonds is 3. The van der Waals surface area contributed by atoms with Gasteiger partial charge in [0.25, 0.3) is 0 Å². The maximum atomic E-state index is 13.8. The first-order valence-corrected chi connectivity index (χ1v) is 7.74. The lowest BCUT2D eigenvalue weighted by atomic mass is 10.1. The molecule has 9 heteroatoms. The Morgan fingerprint density at radius 2 is 1.78 bits per heavy atom. The Labute approximate surface area is 150 Å². The number of amides is 2. The van der Waals surface area contributed by atoms with Crippen molar-refractivity contribution < 1.29 is 31.2 Å². The standard InChI is InChI=1S/C18H13F5N2O2/c1-9-12-7-10(19)8-13(20)15(12)27-14(9)16(18(21,22)23)25-17(26)24-11-5-3-2-4-6-11/h2-8,16H,1H3,(H2,24,25,26). The number of carbonyl (C=O) groups is 1. The monoisotopic (exact) mass is 384 g/mol. The van der Waals surface area contributed by atoms with Crippen LogP contribution in [0.25, 0.3) is 11.0 Å². The molecule has 27 heavy (non-hydrogen) atoms. The Morgan fingerprint density at radius 3 is 2.41 bits per heavy atom. The summed E-state index contributed by atoms with van der Waals surface area (Å²) in [4.78, 5) is 12.0. The van der Waals surface area contributed by atoms with Gasteiger partial charge in [-0.2, -0.15) is 13.2 Å². The molecule has 0 aliphatic carbocycles. The number of fused-ring (bicyclic) bond motifs is 1. The van der Waals surface area contributed by atoms with Crippen molar-refractivity contribution in [2.45, 2.75) is 19.1 Å². The molecule has 0 bridgehead atoms. The van der Waals surface area contributed by atoms with E-state index in [4.69, 9.17) is 4.42 Å². The summed E-state index contributed by atoms with van der Waals surface area (Å²) in [7, 11) is 0. The average molecular weight is 384 g/mol. The molecule has 3 rings (SSSR count). The summed E-state index contributed by atoms with van der Waals surface area (Å²) in [5.41, 5.74) is -0.348. The number of halogens is 5. The van der Waals surface area contributed by atoms with Gasteiger partial charge in [0, 0.05) is 22.7 Å². The number of nitrogens with one attached hydrogen (secondary N) is 2. The Hall–Kier alpha value is -3.10. The van der Waals surface area contributed by atoms with Gasteiger partial charge >= 0.3 is 12.2 Å². The smallest absolute Gasteiger partial charge is 0.416 e.